The predicted molar refractivity (Wildman–Crippen MR) is 199 cm³/mol. The molecule has 7 rings (SSSR count). The van der Waals surface area contributed by atoms with Crippen LogP contribution in [0.5, 0.6) is 34.5 Å². The van der Waals surface area contributed by atoms with Crippen molar-refractivity contribution in [3.8, 4) is 56.8 Å². The number of ether oxygens (including phenoxy) is 2. The van der Waals surface area contributed by atoms with Crippen LogP contribution in [0.4, 0.5) is 5.69 Å². The molecule has 1 aliphatic heterocycles. The number of anilines is 1. The molecule has 1 aliphatic rings. The maximum atomic E-state index is 7.06. The van der Waals surface area contributed by atoms with Gasteiger partial charge in [0.1, 0.15) is 34.5 Å². The molecule has 0 bridgehead atoms. The van der Waals surface area contributed by atoms with Crippen LogP contribution >= 0.6 is 16.9 Å². The number of benzene rings is 6. The third-order valence-electron chi connectivity index (χ3n) is 8.01. The number of hydrogen-bond donors (Lipinski definition) is 1. The van der Waals surface area contributed by atoms with Crippen LogP contribution < -0.4 is 38.0 Å². The third kappa shape index (κ3) is 7.00. The van der Waals surface area contributed by atoms with E-state index in [9.17, 15) is 0 Å². The van der Waals surface area contributed by atoms with Gasteiger partial charge in [0.15, 0.2) is 0 Å². The molecular weight excluding hydrogens is 652 g/mol. The average molecular weight is 688 g/mol. The van der Waals surface area contributed by atoms with E-state index >= 15 is 0 Å². The summed E-state index contributed by atoms with van der Waals surface area (Å²) in [5.41, 5.74) is 6.60. The molecule has 1 unspecified atom stereocenters. The summed E-state index contributed by atoms with van der Waals surface area (Å²) in [5, 5.41) is 4.79. The lowest BCUT2D eigenvalue weighted by atomic mass is 9.98. The summed E-state index contributed by atoms with van der Waals surface area (Å²) in [6, 6.07) is 43.6. The zero-order chi connectivity index (χ0) is 33.7. The van der Waals surface area contributed by atoms with Gasteiger partial charge in [0, 0.05) is 27.7 Å². The van der Waals surface area contributed by atoms with Crippen LogP contribution in [0, 0.1) is 13.8 Å². The van der Waals surface area contributed by atoms with Gasteiger partial charge in [-0.05, 0) is 91.2 Å². The van der Waals surface area contributed by atoms with E-state index in [0.717, 1.165) is 44.4 Å². The number of para-hydroxylation sites is 3. The first-order valence-electron chi connectivity index (χ1n) is 15.8. The summed E-state index contributed by atoms with van der Waals surface area (Å²) < 4.78 is 38.1. The lowest BCUT2D eigenvalue weighted by Gasteiger charge is -2.30. The Morgan fingerprint density at radius 1 is 0.490 bits per heavy atom. The Bertz CT molecular complexity index is 2030. The van der Waals surface area contributed by atoms with E-state index in [0.29, 0.717) is 34.5 Å². The second kappa shape index (κ2) is 14.5. The van der Waals surface area contributed by atoms with Gasteiger partial charge in [0.25, 0.3) is 0 Å². The minimum atomic E-state index is -1.96. The fraction of sp³-hybridized carbons (Fsp3) is 0.100. The SMILES string of the molecule is COc1cc(C)c(OP(Oc2ccccc2)Oc2ccccc2)c(-c2cc(OC)cc(C)c2OP2Nc3ccccc3-c3ccccc32)c1. The summed E-state index contributed by atoms with van der Waals surface area (Å²) >= 11 is 0. The van der Waals surface area contributed by atoms with E-state index < -0.39 is 16.9 Å². The van der Waals surface area contributed by atoms with Crippen molar-refractivity contribution in [2.24, 2.45) is 0 Å². The Hall–Kier alpha value is -5.22. The highest BCUT2D eigenvalue weighted by Gasteiger charge is 2.30. The average Bonchev–Trinajstić information content (AvgIpc) is 3.14. The molecule has 0 spiro atoms. The number of nitrogens with one attached hydrogen (secondary N) is 1. The fourth-order valence-corrected chi connectivity index (χ4v) is 8.48. The Morgan fingerprint density at radius 2 is 1.00 bits per heavy atom. The molecule has 1 atom stereocenters. The maximum absolute atomic E-state index is 7.06. The minimum absolute atomic E-state index is 0.575. The van der Waals surface area contributed by atoms with Crippen LogP contribution in [0.2, 0.25) is 0 Å². The maximum Gasteiger partial charge on any atom is 0.530 e. The van der Waals surface area contributed by atoms with Crippen molar-refractivity contribution in [1.29, 1.82) is 0 Å². The first kappa shape index (κ1) is 32.3. The molecule has 0 saturated heterocycles. The molecule has 0 radical (unpaired) electrons. The highest BCUT2D eigenvalue weighted by Crippen LogP contribution is 2.54. The number of methoxy groups -OCH3 is 2. The van der Waals surface area contributed by atoms with E-state index in [2.05, 4.69) is 41.5 Å². The lowest BCUT2D eigenvalue weighted by molar-refractivity contribution is 0.385. The van der Waals surface area contributed by atoms with Crippen molar-refractivity contribution in [3.05, 3.63) is 145 Å². The fourth-order valence-electron chi connectivity index (χ4n) is 5.65. The Morgan fingerprint density at radius 3 is 1.61 bits per heavy atom. The summed E-state index contributed by atoms with van der Waals surface area (Å²) in [5.74, 6) is 3.89. The molecule has 0 aromatic heterocycles. The molecule has 0 saturated carbocycles. The second-order valence-electron chi connectivity index (χ2n) is 11.3. The Balaban J connectivity index is 1.34. The molecule has 0 amide bonds. The molecule has 7 nitrogen and oxygen atoms in total. The molecule has 49 heavy (non-hydrogen) atoms. The molecule has 1 N–H and O–H groups in total. The molecule has 0 fully saturated rings. The largest absolute Gasteiger partial charge is 0.530 e. The highest BCUT2D eigenvalue weighted by molar-refractivity contribution is 7.63. The van der Waals surface area contributed by atoms with E-state index in [1.165, 1.54) is 0 Å². The normalized spacial score (nSPS) is 13.0. The van der Waals surface area contributed by atoms with Gasteiger partial charge in [0.2, 0.25) is 8.30 Å². The molecular formula is C40H35NO6P2. The zero-order valence-electron chi connectivity index (χ0n) is 27.5. The van der Waals surface area contributed by atoms with Gasteiger partial charge in [-0.1, -0.05) is 72.8 Å². The standard InChI is InChI=1S/C40H35NO6P2/c1-27-23-31(42-3)25-35(39(27)46-48-38-22-14-12-20-34(38)33-19-11-13-21-37(33)41-48)36-26-32(43-4)24-28(2)40(36)47-49(44-29-15-7-5-8-16-29)45-30-17-9-6-10-18-30/h5-26,41H,1-4H3. The van der Waals surface area contributed by atoms with Crippen LogP contribution in [0.1, 0.15) is 11.1 Å². The topological polar surface area (TPSA) is 67.4 Å². The summed E-state index contributed by atoms with van der Waals surface area (Å²) in [4.78, 5) is 0. The van der Waals surface area contributed by atoms with Gasteiger partial charge in [-0.25, -0.2) is 0 Å². The molecule has 9 heteroatoms. The third-order valence-corrected chi connectivity index (χ3v) is 10.7. The number of aryl methyl sites for hydroxylation is 2. The lowest BCUT2D eigenvalue weighted by Crippen LogP contribution is -2.19. The summed E-state index contributed by atoms with van der Waals surface area (Å²) in [6.45, 7) is 4.01. The monoisotopic (exact) mass is 687 g/mol. The van der Waals surface area contributed by atoms with Gasteiger partial charge in [-0.15, -0.1) is 0 Å². The number of rotatable bonds is 11. The number of fused-ring (bicyclic) bond motifs is 3. The van der Waals surface area contributed by atoms with Crippen LogP contribution in [0.3, 0.4) is 0 Å². The van der Waals surface area contributed by atoms with Crippen LogP contribution in [-0.2, 0) is 0 Å². The highest BCUT2D eigenvalue weighted by atomic mass is 31.2. The quantitative estimate of drug-likeness (QED) is 0.136. The van der Waals surface area contributed by atoms with Crippen molar-refractivity contribution in [2.75, 3.05) is 19.3 Å². The molecule has 246 valence electrons. The Kier molecular flexibility index (Phi) is 9.56. The number of hydrogen-bond acceptors (Lipinski definition) is 7. The minimum Gasteiger partial charge on any atom is -0.497 e. The van der Waals surface area contributed by atoms with Crippen LogP contribution in [-0.4, -0.2) is 14.2 Å². The van der Waals surface area contributed by atoms with E-state index in [-0.39, 0.29) is 0 Å². The van der Waals surface area contributed by atoms with E-state index in [4.69, 9.17) is 27.6 Å². The smallest absolute Gasteiger partial charge is 0.497 e. The van der Waals surface area contributed by atoms with Crippen molar-refractivity contribution >= 4 is 27.9 Å². The first-order chi connectivity index (χ1) is 24.0. The molecule has 0 aliphatic carbocycles. The first-order valence-corrected chi connectivity index (χ1v) is 18.1. The molecule has 6 aromatic rings. The van der Waals surface area contributed by atoms with Gasteiger partial charge in [-0.2, -0.15) is 0 Å². The van der Waals surface area contributed by atoms with Crippen LogP contribution in [0.15, 0.2) is 133 Å². The van der Waals surface area contributed by atoms with Gasteiger partial charge >= 0.3 is 8.60 Å². The van der Waals surface area contributed by atoms with Crippen molar-refractivity contribution in [2.45, 2.75) is 13.8 Å². The molecule has 1 heterocycles. The van der Waals surface area contributed by atoms with Crippen molar-refractivity contribution < 1.29 is 27.6 Å². The zero-order valence-corrected chi connectivity index (χ0v) is 29.3. The second-order valence-corrected chi connectivity index (χ2v) is 13.8. The Labute approximate surface area is 289 Å². The summed E-state index contributed by atoms with van der Waals surface area (Å²) in [6.07, 6.45) is 0. The van der Waals surface area contributed by atoms with E-state index in [1.807, 2.05) is 111 Å². The van der Waals surface area contributed by atoms with Gasteiger partial charge in [-0.3, -0.25) is 0 Å². The van der Waals surface area contributed by atoms with Gasteiger partial charge in [0.05, 0.1) is 14.2 Å². The van der Waals surface area contributed by atoms with Crippen molar-refractivity contribution in [1.82, 2.24) is 0 Å². The van der Waals surface area contributed by atoms with Crippen LogP contribution in [0.25, 0.3) is 22.3 Å². The molecule has 6 aromatic carbocycles. The summed E-state index contributed by atoms with van der Waals surface area (Å²) in [7, 11) is 0.0507. The van der Waals surface area contributed by atoms with E-state index in [1.54, 1.807) is 14.2 Å². The van der Waals surface area contributed by atoms with Gasteiger partial charge < -0.3 is 32.7 Å². The predicted octanol–water partition coefficient (Wildman–Crippen LogP) is 10.9. The van der Waals surface area contributed by atoms with Crippen molar-refractivity contribution in [3.63, 3.8) is 0 Å².